The van der Waals surface area contributed by atoms with Gasteiger partial charge in [-0.25, -0.2) is 0 Å². The van der Waals surface area contributed by atoms with Crippen LogP contribution in [0.3, 0.4) is 0 Å². The normalized spacial score (nSPS) is 12.0. The molecule has 0 aliphatic rings. The van der Waals surface area contributed by atoms with Crippen molar-refractivity contribution in [3.8, 4) is 16.8 Å². The molecule has 0 atom stereocenters. The van der Waals surface area contributed by atoms with Gasteiger partial charge < -0.3 is 9.13 Å². The van der Waals surface area contributed by atoms with Crippen LogP contribution < -0.4 is 0 Å². The summed E-state index contributed by atoms with van der Waals surface area (Å²) in [6.07, 6.45) is 14.2. The molecule has 0 radical (unpaired) electrons. The van der Waals surface area contributed by atoms with Crippen LogP contribution in [0.15, 0.2) is 135 Å². The fourth-order valence-electron chi connectivity index (χ4n) is 5.84. The molecule has 6 aromatic rings. The molecule has 2 nitrogen and oxygen atoms in total. The summed E-state index contributed by atoms with van der Waals surface area (Å²) < 4.78 is 4.62. The number of nitrogens with zero attached hydrogens (tertiary/aromatic N) is 2. The molecule has 0 saturated carbocycles. The monoisotopic (exact) mass is 546 g/mol. The van der Waals surface area contributed by atoms with Crippen molar-refractivity contribution in [2.24, 2.45) is 0 Å². The van der Waals surface area contributed by atoms with Gasteiger partial charge in [-0.2, -0.15) is 0 Å². The van der Waals surface area contributed by atoms with E-state index < -0.39 is 0 Å². The van der Waals surface area contributed by atoms with Crippen molar-refractivity contribution in [3.63, 3.8) is 0 Å². The molecule has 0 amide bonds. The molecule has 42 heavy (non-hydrogen) atoms. The highest BCUT2D eigenvalue weighted by Crippen LogP contribution is 2.38. The lowest BCUT2D eigenvalue weighted by Gasteiger charge is -2.10. The van der Waals surface area contributed by atoms with Crippen LogP contribution in [-0.4, -0.2) is 9.13 Å². The zero-order valence-corrected chi connectivity index (χ0v) is 25.0. The highest BCUT2D eigenvalue weighted by Gasteiger charge is 2.17. The van der Waals surface area contributed by atoms with E-state index >= 15 is 0 Å². The Kier molecular flexibility index (Phi) is 8.55. The SMILES string of the molecule is C=C/C=C(\C=C/C)n1c(C=C)c(/C=C\C)c2cc(-c3ccc4c(c3)c3ccccc3n4-c3ccccc3)ccc21.CC. The van der Waals surface area contributed by atoms with Crippen molar-refractivity contribution in [3.05, 3.63) is 146 Å². The Balaban J connectivity index is 0.00000173. The van der Waals surface area contributed by atoms with Crippen LogP contribution in [0.4, 0.5) is 0 Å². The van der Waals surface area contributed by atoms with E-state index in [0.717, 1.165) is 22.5 Å². The van der Waals surface area contributed by atoms with E-state index in [4.69, 9.17) is 0 Å². The second-order valence-electron chi connectivity index (χ2n) is 9.82. The Bertz CT molecular complexity index is 1990. The fraction of sp³-hybridized carbons (Fsp3) is 0.100. The number of hydrogen-bond donors (Lipinski definition) is 0. The molecule has 0 bridgehead atoms. The van der Waals surface area contributed by atoms with Crippen LogP contribution in [0.1, 0.15) is 39.0 Å². The molecule has 2 heterocycles. The van der Waals surface area contributed by atoms with Crippen molar-refractivity contribution in [2.75, 3.05) is 0 Å². The first-order valence-corrected chi connectivity index (χ1v) is 14.7. The highest BCUT2D eigenvalue weighted by molar-refractivity contribution is 6.10. The lowest BCUT2D eigenvalue weighted by atomic mass is 10.00. The maximum atomic E-state index is 4.17. The number of fused-ring (bicyclic) bond motifs is 4. The molecule has 2 aromatic heterocycles. The third-order valence-electron chi connectivity index (χ3n) is 7.48. The minimum atomic E-state index is 1.05. The fourth-order valence-corrected chi connectivity index (χ4v) is 5.84. The molecule has 0 aliphatic heterocycles. The predicted molar refractivity (Wildman–Crippen MR) is 187 cm³/mol. The molecule has 0 unspecified atom stereocenters. The summed E-state index contributed by atoms with van der Waals surface area (Å²) in [5.74, 6) is 0. The number of rotatable bonds is 7. The van der Waals surface area contributed by atoms with Crippen LogP contribution in [-0.2, 0) is 0 Å². The van der Waals surface area contributed by atoms with E-state index in [1.807, 2.05) is 39.0 Å². The number of allylic oxidation sites excluding steroid dienone is 6. The third-order valence-corrected chi connectivity index (χ3v) is 7.48. The Hall–Kier alpha value is -5.08. The van der Waals surface area contributed by atoms with Crippen molar-refractivity contribution >= 4 is 50.6 Å². The smallest absolute Gasteiger partial charge is 0.0541 e. The Morgan fingerprint density at radius 2 is 1.31 bits per heavy atom. The van der Waals surface area contributed by atoms with Crippen LogP contribution in [0.2, 0.25) is 0 Å². The minimum absolute atomic E-state index is 1.05. The summed E-state index contributed by atoms with van der Waals surface area (Å²) >= 11 is 0. The molecule has 2 heteroatoms. The highest BCUT2D eigenvalue weighted by atomic mass is 15.0. The van der Waals surface area contributed by atoms with Gasteiger partial charge in [0.1, 0.15) is 0 Å². The van der Waals surface area contributed by atoms with Gasteiger partial charge in [-0.1, -0.05) is 99.8 Å². The molecule has 0 spiro atoms. The van der Waals surface area contributed by atoms with E-state index in [1.54, 1.807) is 0 Å². The average Bonchev–Trinajstić information content (AvgIpc) is 3.54. The topological polar surface area (TPSA) is 9.86 Å². The maximum absolute atomic E-state index is 4.17. The quantitative estimate of drug-likeness (QED) is 0.176. The first-order chi connectivity index (χ1) is 20.7. The Labute approximate surface area is 249 Å². The summed E-state index contributed by atoms with van der Waals surface area (Å²) in [4.78, 5) is 0. The second-order valence-corrected chi connectivity index (χ2v) is 9.82. The Morgan fingerprint density at radius 1 is 0.667 bits per heavy atom. The van der Waals surface area contributed by atoms with Crippen LogP contribution in [0.5, 0.6) is 0 Å². The first-order valence-electron chi connectivity index (χ1n) is 14.7. The van der Waals surface area contributed by atoms with E-state index in [1.165, 1.54) is 44.0 Å². The van der Waals surface area contributed by atoms with Crippen molar-refractivity contribution < 1.29 is 0 Å². The van der Waals surface area contributed by atoms with Gasteiger partial charge in [-0.15, -0.1) is 0 Å². The lowest BCUT2D eigenvalue weighted by molar-refractivity contribution is 1.15. The van der Waals surface area contributed by atoms with Crippen LogP contribution >= 0.6 is 0 Å². The van der Waals surface area contributed by atoms with E-state index in [0.29, 0.717) is 0 Å². The van der Waals surface area contributed by atoms with Crippen molar-refractivity contribution in [2.45, 2.75) is 27.7 Å². The van der Waals surface area contributed by atoms with Crippen molar-refractivity contribution in [1.29, 1.82) is 0 Å². The number of benzene rings is 4. The minimum Gasteiger partial charge on any atom is -0.309 e. The molecule has 4 aromatic carbocycles. The first kappa shape index (κ1) is 28.4. The molecule has 6 rings (SSSR count). The van der Waals surface area contributed by atoms with Gasteiger partial charge >= 0.3 is 0 Å². The molecular weight excluding hydrogens is 508 g/mol. The van der Waals surface area contributed by atoms with Gasteiger partial charge in [0.05, 0.1) is 22.2 Å². The standard InChI is InChI=1S/C38H32N2.C2H6/c1-5-14-29(15-6-2)39-35(8-4)31(16-7-3)33-25-27(21-23-37(33)39)28-22-24-38-34(26-28)32-19-12-13-20-36(32)40(38)30-17-10-9-11-18-30;1-2/h5-26H,1,4H2,2-3H3;1-2H3/b15-6-,16-7-,29-14+;. The van der Waals surface area contributed by atoms with Gasteiger partial charge in [-0.05, 0) is 85.7 Å². The molecule has 0 N–H and O–H groups in total. The molecular formula is C40H38N2. The summed E-state index contributed by atoms with van der Waals surface area (Å²) in [6, 6.07) is 32.8. The number of hydrogen-bond acceptors (Lipinski definition) is 0. The van der Waals surface area contributed by atoms with Crippen LogP contribution in [0, 0.1) is 0 Å². The van der Waals surface area contributed by atoms with Gasteiger partial charge in [0.2, 0.25) is 0 Å². The Morgan fingerprint density at radius 3 is 1.98 bits per heavy atom. The van der Waals surface area contributed by atoms with Crippen LogP contribution in [0.25, 0.3) is 67.4 Å². The molecule has 0 aliphatic carbocycles. The average molecular weight is 547 g/mol. The van der Waals surface area contributed by atoms with Gasteiger partial charge in [-0.3, -0.25) is 0 Å². The number of para-hydroxylation sites is 2. The lowest BCUT2D eigenvalue weighted by Crippen LogP contribution is -1.97. The zero-order chi connectivity index (χ0) is 29.6. The third kappa shape index (κ3) is 4.86. The van der Waals surface area contributed by atoms with Gasteiger partial charge in [0.15, 0.2) is 0 Å². The second kappa shape index (κ2) is 12.6. The number of aromatic nitrogens is 2. The summed E-state index contributed by atoms with van der Waals surface area (Å²) in [7, 11) is 0. The maximum Gasteiger partial charge on any atom is 0.0541 e. The predicted octanol–water partition coefficient (Wildman–Crippen LogP) is 11.7. The molecule has 0 fully saturated rings. The van der Waals surface area contributed by atoms with E-state index in [9.17, 15) is 0 Å². The van der Waals surface area contributed by atoms with Gasteiger partial charge in [0, 0.05) is 33.1 Å². The molecule has 208 valence electrons. The summed E-state index contributed by atoms with van der Waals surface area (Å²) in [6.45, 7) is 16.2. The largest absolute Gasteiger partial charge is 0.309 e. The summed E-state index contributed by atoms with van der Waals surface area (Å²) in [5, 5.41) is 3.70. The molecule has 0 saturated heterocycles. The van der Waals surface area contributed by atoms with E-state index in [2.05, 4.69) is 145 Å². The van der Waals surface area contributed by atoms with Crippen molar-refractivity contribution in [1.82, 2.24) is 9.13 Å². The van der Waals surface area contributed by atoms with E-state index in [-0.39, 0.29) is 0 Å². The van der Waals surface area contributed by atoms with Gasteiger partial charge in [0.25, 0.3) is 0 Å². The zero-order valence-electron chi connectivity index (χ0n) is 25.0. The summed E-state index contributed by atoms with van der Waals surface area (Å²) in [5.41, 5.74) is 10.4.